The van der Waals surface area contributed by atoms with Crippen molar-refractivity contribution >= 4 is 28.1 Å². The van der Waals surface area contributed by atoms with Crippen LogP contribution in [0.2, 0.25) is 0 Å². The quantitative estimate of drug-likeness (QED) is 0.227. The van der Waals surface area contributed by atoms with Crippen LogP contribution in [0.3, 0.4) is 0 Å². The highest BCUT2D eigenvalue weighted by molar-refractivity contribution is 9.08. The van der Waals surface area contributed by atoms with Crippen LogP contribution in [0, 0.1) is 0 Å². The van der Waals surface area contributed by atoms with E-state index in [2.05, 4.69) is 120 Å². The molecule has 0 aromatic heterocycles. The fraction of sp³-hybridized carbons (Fsp3) is 0.125. The van der Waals surface area contributed by atoms with E-state index in [0.717, 1.165) is 29.3 Å². The fourth-order valence-corrected chi connectivity index (χ4v) is 5.62. The molecule has 5 rings (SSSR count). The summed E-state index contributed by atoms with van der Waals surface area (Å²) in [5.41, 5.74) is 11.8. The van der Waals surface area contributed by atoms with Gasteiger partial charge in [-0.1, -0.05) is 132 Å². The van der Waals surface area contributed by atoms with Gasteiger partial charge in [0.05, 0.1) is 0 Å². The van der Waals surface area contributed by atoms with Gasteiger partial charge in [-0.3, -0.25) is 0 Å². The lowest BCUT2D eigenvalue weighted by atomic mass is 9.69. The Balaban J connectivity index is 1.71. The van der Waals surface area contributed by atoms with Crippen molar-refractivity contribution in [1.82, 2.24) is 0 Å². The molecule has 0 bridgehead atoms. The molecule has 0 unspecified atom stereocenters. The maximum absolute atomic E-state index is 3.91. The monoisotopic (exact) mass is 490 g/mol. The summed E-state index contributed by atoms with van der Waals surface area (Å²) in [6, 6.07) is 33.7. The zero-order valence-corrected chi connectivity index (χ0v) is 20.3. The molecule has 0 atom stereocenters. The Bertz CT molecular complexity index is 1260. The topological polar surface area (TPSA) is 0 Å². The summed E-state index contributed by atoms with van der Waals surface area (Å²) >= 11 is 3.69. The van der Waals surface area contributed by atoms with Crippen LogP contribution in [0.25, 0.3) is 23.3 Å². The molecule has 4 aromatic carbocycles. The molecule has 0 saturated heterocycles. The average molecular weight is 491 g/mol. The van der Waals surface area contributed by atoms with E-state index in [-0.39, 0.29) is 5.41 Å². The third-order valence-electron chi connectivity index (χ3n) is 6.93. The van der Waals surface area contributed by atoms with Crippen LogP contribution >= 0.6 is 15.9 Å². The van der Waals surface area contributed by atoms with Crippen LogP contribution in [-0.4, -0.2) is 0 Å². The lowest BCUT2D eigenvalue weighted by Gasteiger charge is -2.33. The van der Waals surface area contributed by atoms with Gasteiger partial charge in [-0.2, -0.15) is 0 Å². The molecule has 4 aromatic rings. The predicted molar refractivity (Wildman–Crippen MR) is 146 cm³/mol. The Hall–Kier alpha value is -3.16. The van der Waals surface area contributed by atoms with Crippen LogP contribution in [0.4, 0.5) is 0 Å². The first kappa shape index (κ1) is 21.7. The summed E-state index contributed by atoms with van der Waals surface area (Å²) in [4.78, 5) is 0. The molecule has 0 fully saturated rings. The van der Waals surface area contributed by atoms with Crippen molar-refractivity contribution in [2.24, 2.45) is 0 Å². The highest BCUT2D eigenvalue weighted by Crippen LogP contribution is 2.52. The summed E-state index contributed by atoms with van der Waals surface area (Å²) in [5, 5.41) is 0.856. The molecule has 0 saturated carbocycles. The van der Waals surface area contributed by atoms with Gasteiger partial charge < -0.3 is 0 Å². The minimum atomic E-state index is -0.129. The van der Waals surface area contributed by atoms with Crippen molar-refractivity contribution in [3.63, 3.8) is 0 Å². The van der Waals surface area contributed by atoms with Crippen LogP contribution < -0.4 is 0 Å². The van der Waals surface area contributed by atoms with Crippen LogP contribution in [0.5, 0.6) is 0 Å². The van der Waals surface area contributed by atoms with Gasteiger partial charge in [0, 0.05) is 10.7 Å². The van der Waals surface area contributed by atoms with Gasteiger partial charge in [0.25, 0.3) is 0 Å². The van der Waals surface area contributed by atoms with Crippen molar-refractivity contribution in [2.45, 2.75) is 23.6 Å². The Kier molecular flexibility index (Phi) is 5.91. The maximum Gasteiger partial charge on any atom is 0.0295 e. The molecule has 0 aliphatic heterocycles. The van der Waals surface area contributed by atoms with Gasteiger partial charge in [0.1, 0.15) is 0 Å². The Morgan fingerprint density at radius 2 is 1.12 bits per heavy atom. The number of fused-ring (bicyclic) bond motifs is 3. The lowest BCUT2D eigenvalue weighted by molar-refractivity contribution is 0.519. The number of hydrogen-bond donors (Lipinski definition) is 0. The van der Waals surface area contributed by atoms with E-state index in [1.807, 2.05) is 12.2 Å². The van der Waals surface area contributed by atoms with Gasteiger partial charge >= 0.3 is 0 Å². The molecule has 0 radical (unpaired) electrons. The first-order chi connectivity index (χ1) is 16.2. The highest BCUT2D eigenvalue weighted by Gasteiger charge is 2.43. The average Bonchev–Trinajstić information content (AvgIpc) is 3.14. The number of rotatable bonds is 7. The molecular weight excluding hydrogens is 464 g/mol. The van der Waals surface area contributed by atoms with Crippen molar-refractivity contribution in [3.8, 4) is 11.1 Å². The van der Waals surface area contributed by atoms with E-state index in [9.17, 15) is 0 Å². The minimum absolute atomic E-state index is 0.129. The highest BCUT2D eigenvalue weighted by atomic mass is 79.9. The summed E-state index contributed by atoms with van der Waals surface area (Å²) in [7, 11) is 0. The molecule has 0 nitrogen and oxygen atoms in total. The molecule has 0 amide bonds. The molecule has 1 aliphatic rings. The van der Waals surface area contributed by atoms with Crippen molar-refractivity contribution in [1.29, 1.82) is 0 Å². The van der Waals surface area contributed by atoms with Crippen LogP contribution in [0.1, 0.15) is 38.9 Å². The van der Waals surface area contributed by atoms with Gasteiger partial charge in [-0.25, -0.2) is 0 Å². The smallest absolute Gasteiger partial charge is 0.0295 e. The normalized spacial score (nSPS) is 13.2. The summed E-state index contributed by atoms with van der Waals surface area (Å²) in [5.74, 6) is 0. The minimum Gasteiger partial charge on any atom is -0.0985 e. The second-order valence-electron chi connectivity index (χ2n) is 8.89. The molecule has 1 heteroatoms. The molecule has 162 valence electrons. The Morgan fingerprint density at radius 3 is 1.67 bits per heavy atom. The van der Waals surface area contributed by atoms with Gasteiger partial charge in [-0.05, 0) is 62.9 Å². The first-order valence-corrected chi connectivity index (χ1v) is 12.5. The largest absolute Gasteiger partial charge is 0.0985 e. The van der Waals surface area contributed by atoms with E-state index in [0.29, 0.717) is 0 Å². The van der Waals surface area contributed by atoms with E-state index < -0.39 is 0 Å². The Morgan fingerprint density at radius 1 is 0.606 bits per heavy atom. The van der Waals surface area contributed by atoms with Crippen molar-refractivity contribution in [3.05, 3.63) is 143 Å². The van der Waals surface area contributed by atoms with Gasteiger partial charge in [0.2, 0.25) is 0 Å². The molecule has 33 heavy (non-hydrogen) atoms. The second-order valence-corrected chi connectivity index (χ2v) is 9.45. The zero-order valence-electron chi connectivity index (χ0n) is 18.7. The van der Waals surface area contributed by atoms with Gasteiger partial charge in [0.15, 0.2) is 0 Å². The summed E-state index contributed by atoms with van der Waals surface area (Å²) < 4.78 is 0. The molecule has 0 heterocycles. The lowest BCUT2D eigenvalue weighted by Crippen LogP contribution is -2.31. The number of hydrogen-bond acceptors (Lipinski definition) is 0. The third-order valence-corrected chi connectivity index (χ3v) is 7.58. The molecule has 0 spiro atoms. The van der Waals surface area contributed by atoms with Crippen molar-refractivity contribution in [2.75, 3.05) is 0 Å². The number of benzene rings is 4. The molecule has 0 N–H and O–H groups in total. The third kappa shape index (κ3) is 3.92. The molecular formula is C32H27Br. The SMILES string of the molecule is C=Cc1ccc(CC2(Cc3ccc(C=C)cc3)c3ccccc3-c3ccc(CBr)cc32)cc1. The maximum atomic E-state index is 3.91. The molecule has 1 aliphatic carbocycles. The zero-order chi connectivity index (χ0) is 22.8. The first-order valence-electron chi connectivity index (χ1n) is 11.4. The summed E-state index contributed by atoms with van der Waals surface area (Å²) in [6.07, 6.45) is 5.71. The van der Waals surface area contributed by atoms with E-state index >= 15 is 0 Å². The summed E-state index contributed by atoms with van der Waals surface area (Å²) in [6.45, 7) is 7.83. The van der Waals surface area contributed by atoms with E-state index in [1.54, 1.807) is 0 Å². The van der Waals surface area contributed by atoms with Gasteiger partial charge in [-0.15, -0.1) is 0 Å². The number of halogens is 1. The number of alkyl halides is 1. The Labute approximate surface area is 205 Å². The van der Waals surface area contributed by atoms with E-state index in [4.69, 9.17) is 0 Å². The van der Waals surface area contributed by atoms with Crippen molar-refractivity contribution < 1.29 is 0 Å². The standard InChI is InChI=1S/C32H27Br/c1-3-23-9-13-25(14-10-23)20-32(21-26-15-11-24(4-2)12-16-26)30-8-6-5-7-28(30)29-18-17-27(22-33)19-31(29)32/h3-19H,1-2,20-22H2. The van der Waals surface area contributed by atoms with Crippen LogP contribution in [0.15, 0.2) is 104 Å². The second kappa shape index (κ2) is 9.00. The van der Waals surface area contributed by atoms with Crippen LogP contribution in [-0.2, 0) is 23.6 Å². The van der Waals surface area contributed by atoms with E-state index in [1.165, 1.54) is 38.9 Å². The predicted octanol–water partition coefficient (Wildman–Crippen LogP) is 8.62. The fourth-order valence-electron chi connectivity index (χ4n) is 5.27.